The number of carbonyl (C=O) groups excluding carboxylic acids is 1. The molecule has 1 aromatic carbocycles. The molecule has 0 spiro atoms. The molecular formula is C17H20N2O5S. The number of nitrogens with zero attached hydrogens (tertiary/aromatic N) is 1. The molecule has 2 aromatic rings. The number of pyridine rings is 1. The summed E-state index contributed by atoms with van der Waals surface area (Å²) >= 11 is 0. The first kappa shape index (κ1) is 18.7. The molecule has 0 radical (unpaired) electrons. The van der Waals surface area contributed by atoms with Crippen molar-refractivity contribution in [2.24, 2.45) is 0 Å². The average Bonchev–Trinajstić information content (AvgIpc) is 2.56. The molecule has 134 valence electrons. The lowest BCUT2D eigenvalue weighted by Crippen LogP contribution is -2.35. The average molecular weight is 364 g/mol. The Hall–Kier alpha value is -2.61. The van der Waals surface area contributed by atoms with E-state index < -0.39 is 21.6 Å². The molecule has 0 saturated carbocycles. The van der Waals surface area contributed by atoms with Crippen LogP contribution in [0.2, 0.25) is 0 Å². The van der Waals surface area contributed by atoms with E-state index in [2.05, 4.69) is 9.57 Å². The van der Waals surface area contributed by atoms with Crippen molar-refractivity contribution < 1.29 is 17.9 Å². The summed E-state index contributed by atoms with van der Waals surface area (Å²) in [5.41, 5.74) is 1.50. The van der Waals surface area contributed by atoms with E-state index in [-0.39, 0.29) is 16.9 Å². The van der Waals surface area contributed by atoms with Gasteiger partial charge in [0, 0.05) is 11.8 Å². The number of rotatable bonds is 5. The third-order valence-corrected chi connectivity index (χ3v) is 5.28. The van der Waals surface area contributed by atoms with Gasteiger partial charge in [-0.1, -0.05) is 12.1 Å². The lowest BCUT2D eigenvalue weighted by molar-refractivity contribution is -0.139. The van der Waals surface area contributed by atoms with Crippen molar-refractivity contribution in [2.45, 2.75) is 32.1 Å². The largest absolute Gasteiger partial charge is 0.469 e. The van der Waals surface area contributed by atoms with Gasteiger partial charge in [0.15, 0.2) is 0 Å². The van der Waals surface area contributed by atoms with Crippen molar-refractivity contribution in [3.05, 3.63) is 63.1 Å². The number of hydrogen-bond donors (Lipinski definition) is 1. The predicted octanol–water partition coefficient (Wildman–Crippen LogP) is 1.42. The normalized spacial score (nSPS) is 11.2. The molecule has 0 amide bonds. The van der Waals surface area contributed by atoms with Crippen molar-refractivity contribution >= 4 is 16.0 Å². The molecule has 1 aromatic heterocycles. The van der Waals surface area contributed by atoms with Gasteiger partial charge >= 0.3 is 5.97 Å². The maximum Gasteiger partial charge on any atom is 0.310 e. The number of nitrogens with one attached hydrogen (secondary N) is 1. The molecule has 2 rings (SSSR count). The third-order valence-electron chi connectivity index (χ3n) is 3.83. The van der Waals surface area contributed by atoms with Crippen LogP contribution in [-0.2, 0) is 26.0 Å². The van der Waals surface area contributed by atoms with Crippen LogP contribution in [0.25, 0.3) is 0 Å². The van der Waals surface area contributed by atoms with E-state index >= 15 is 0 Å². The zero-order chi connectivity index (χ0) is 18.8. The number of benzene rings is 1. The molecule has 1 N–H and O–H groups in total. The minimum Gasteiger partial charge on any atom is -0.469 e. The number of esters is 1. The van der Waals surface area contributed by atoms with Crippen LogP contribution in [0.4, 0.5) is 0 Å². The number of ether oxygens (including phenoxy) is 1. The second-order valence-electron chi connectivity index (χ2n) is 5.77. The SMILES string of the molecule is COC(=O)Cc1c(C)ccn(NS(=O)(=O)c2cc(C)ccc2C)c1=O. The van der Waals surface area contributed by atoms with Crippen molar-refractivity contribution in [2.75, 3.05) is 11.9 Å². The zero-order valence-corrected chi connectivity index (χ0v) is 15.3. The molecule has 0 saturated heterocycles. The first-order chi connectivity index (χ1) is 11.7. The third kappa shape index (κ3) is 4.08. The molecule has 8 heteroatoms. The summed E-state index contributed by atoms with van der Waals surface area (Å²) in [6.07, 6.45) is 1.09. The standard InChI is InChI=1S/C17H20N2O5S/c1-11-5-6-13(3)15(9-11)25(22,23)18-19-8-7-12(2)14(17(19)21)10-16(20)24-4/h5-9,18H,10H2,1-4H3. The van der Waals surface area contributed by atoms with Crippen LogP contribution < -0.4 is 10.4 Å². The van der Waals surface area contributed by atoms with E-state index in [0.29, 0.717) is 11.1 Å². The Morgan fingerprint density at radius 3 is 2.48 bits per heavy atom. The van der Waals surface area contributed by atoms with E-state index in [1.165, 1.54) is 19.4 Å². The Morgan fingerprint density at radius 1 is 1.16 bits per heavy atom. The minimum atomic E-state index is -3.96. The number of hydrogen-bond acceptors (Lipinski definition) is 5. The first-order valence-electron chi connectivity index (χ1n) is 7.53. The summed E-state index contributed by atoms with van der Waals surface area (Å²) in [5, 5.41) is 0. The highest BCUT2D eigenvalue weighted by atomic mass is 32.2. The van der Waals surface area contributed by atoms with Crippen LogP contribution in [0.15, 0.2) is 40.2 Å². The van der Waals surface area contributed by atoms with E-state index in [1.54, 1.807) is 39.0 Å². The summed E-state index contributed by atoms with van der Waals surface area (Å²) < 4.78 is 30.7. The number of methoxy groups -OCH3 is 1. The summed E-state index contributed by atoms with van der Waals surface area (Å²) in [5.74, 6) is -0.574. The fraction of sp³-hybridized carbons (Fsp3) is 0.294. The Morgan fingerprint density at radius 2 is 1.84 bits per heavy atom. The van der Waals surface area contributed by atoms with Crippen LogP contribution in [0.1, 0.15) is 22.3 Å². The van der Waals surface area contributed by atoms with Gasteiger partial charge < -0.3 is 4.74 Å². The fourth-order valence-electron chi connectivity index (χ4n) is 2.35. The molecule has 0 atom stereocenters. The Kier molecular flexibility index (Phi) is 5.32. The highest BCUT2D eigenvalue weighted by molar-refractivity contribution is 7.92. The van der Waals surface area contributed by atoms with Gasteiger partial charge in [0.1, 0.15) is 0 Å². The second-order valence-corrected chi connectivity index (χ2v) is 7.40. The first-order valence-corrected chi connectivity index (χ1v) is 9.02. The molecule has 0 aliphatic carbocycles. The smallest absolute Gasteiger partial charge is 0.310 e. The lowest BCUT2D eigenvalue weighted by atomic mass is 10.1. The monoisotopic (exact) mass is 364 g/mol. The van der Waals surface area contributed by atoms with Gasteiger partial charge in [-0.3, -0.25) is 9.59 Å². The van der Waals surface area contributed by atoms with Gasteiger partial charge in [-0.05, 0) is 49.6 Å². The topological polar surface area (TPSA) is 94.5 Å². The quantitative estimate of drug-likeness (QED) is 0.810. The van der Waals surface area contributed by atoms with E-state index in [0.717, 1.165) is 10.2 Å². The van der Waals surface area contributed by atoms with Gasteiger partial charge in [0.25, 0.3) is 15.6 Å². The van der Waals surface area contributed by atoms with Crippen molar-refractivity contribution in [1.29, 1.82) is 0 Å². The maximum absolute atomic E-state index is 12.6. The molecular weight excluding hydrogens is 344 g/mol. The molecule has 0 aliphatic rings. The Labute approximate surface area is 146 Å². The van der Waals surface area contributed by atoms with Gasteiger partial charge in [0.2, 0.25) is 0 Å². The van der Waals surface area contributed by atoms with Gasteiger partial charge in [-0.25, -0.2) is 9.51 Å². The number of sulfonamides is 1. The maximum atomic E-state index is 12.6. The molecule has 7 nitrogen and oxygen atoms in total. The van der Waals surface area contributed by atoms with Crippen LogP contribution in [-0.4, -0.2) is 26.2 Å². The highest BCUT2D eigenvalue weighted by Crippen LogP contribution is 2.17. The van der Waals surface area contributed by atoms with Gasteiger partial charge in [0.05, 0.1) is 18.4 Å². The number of aromatic nitrogens is 1. The van der Waals surface area contributed by atoms with Crippen molar-refractivity contribution in [1.82, 2.24) is 4.68 Å². The second kappa shape index (κ2) is 7.10. The Balaban J connectivity index is 2.46. The number of carbonyl (C=O) groups is 1. The molecule has 0 aliphatic heterocycles. The fourth-order valence-corrected chi connectivity index (χ4v) is 3.68. The summed E-state index contributed by atoms with van der Waals surface area (Å²) in [6, 6.07) is 6.60. The molecule has 0 bridgehead atoms. The molecule has 25 heavy (non-hydrogen) atoms. The van der Waals surface area contributed by atoms with Crippen LogP contribution in [0.5, 0.6) is 0 Å². The van der Waals surface area contributed by atoms with E-state index in [9.17, 15) is 18.0 Å². The number of aryl methyl sites for hydroxylation is 3. The van der Waals surface area contributed by atoms with Gasteiger partial charge in [-0.2, -0.15) is 8.42 Å². The highest BCUT2D eigenvalue weighted by Gasteiger charge is 2.19. The van der Waals surface area contributed by atoms with Crippen molar-refractivity contribution in [3.63, 3.8) is 0 Å². The minimum absolute atomic E-state index is 0.0921. The van der Waals surface area contributed by atoms with Crippen LogP contribution in [0.3, 0.4) is 0 Å². The summed E-state index contributed by atoms with van der Waals surface area (Å²) in [6.45, 7) is 5.13. The summed E-state index contributed by atoms with van der Waals surface area (Å²) in [7, 11) is -2.73. The van der Waals surface area contributed by atoms with Crippen molar-refractivity contribution in [3.8, 4) is 0 Å². The lowest BCUT2D eigenvalue weighted by Gasteiger charge is -2.14. The van der Waals surface area contributed by atoms with Crippen LogP contribution in [0, 0.1) is 20.8 Å². The summed E-state index contributed by atoms with van der Waals surface area (Å²) in [4.78, 5) is 26.4. The Bertz CT molecular complexity index is 977. The van der Waals surface area contributed by atoms with E-state index in [4.69, 9.17) is 0 Å². The zero-order valence-electron chi connectivity index (χ0n) is 14.5. The molecule has 1 heterocycles. The molecule has 0 unspecified atom stereocenters. The van der Waals surface area contributed by atoms with Crippen LogP contribution >= 0.6 is 0 Å². The molecule has 0 fully saturated rings. The van der Waals surface area contributed by atoms with E-state index in [1.807, 2.05) is 0 Å². The van der Waals surface area contributed by atoms with Gasteiger partial charge in [-0.15, -0.1) is 0 Å². The predicted molar refractivity (Wildman–Crippen MR) is 93.6 cm³/mol.